The van der Waals surface area contributed by atoms with Crippen LogP contribution >= 0.6 is 0 Å². The monoisotopic (exact) mass is 294 g/mol. The molecule has 0 aromatic heterocycles. The fourth-order valence-corrected chi connectivity index (χ4v) is 3.80. The molecule has 0 radical (unpaired) electrons. The lowest BCUT2D eigenvalue weighted by Crippen LogP contribution is -2.74. The Hall–Kier alpha value is -1.06. The van der Waals surface area contributed by atoms with Crippen LogP contribution in [0.1, 0.15) is 67.2 Å². The highest BCUT2D eigenvalue weighted by Crippen LogP contribution is 2.44. The summed E-state index contributed by atoms with van der Waals surface area (Å²) in [6, 6.07) is -0.356. The second-order valence-electron chi connectivity index (χ2n) is 7.89. The number of hydrogen-bond acceptors (Lipinski definition) is 2. The van der Waals surface area contributed by atoms with Gasteiger partial charge >= 0.3 is 0 Å². The zero-order valence-electron chi connectivity index (χ0n) is 14.3. The van der Waals surface area contributed by atoms with Crippen LogP contribution in [0.2, 0.25) is 0 Å². The molecule has 1 heterocycles. The number of nitrogens with zero attached hydrogens (tertiary/aromatic N) is 1. The summed E-state index contributed by atoms with van der Waals surface area (Å²) in [5.74, 6) is 0.556. The Morgan fingerprint density at radius 2 is 1.90 bits per heavy atom. The highest BCUT2D eigenvalue weighted by molar-refractivity contribution is 6.00. The molecule has 2 amide bonds. The molecule has 2 atom stereocenters. The van der Waals surface area contributed by atoms with Crippen molar-refractivity contribution in [2.75, 3.05) is 0 Å². The molecular weight excluding hydrogens is 264 g/mol. The van der Waals surface area contributed by atoms with Crippen molar-refractivity contribution >= 4 is 11.8 Å². The highest BCUT2D eigenvalue weighted by Gasteiger charge is 2.58. The first kappa shape index (κ1) is 16.3. The van der Waals surface area contributed by atoms with Crippen molar-refractivity contribution in [1.82, 2.24) is 10.2 Å². The summed E-state index contributed by atoms with van der Waals surface area (Å²) in [7, 11) is 0. The molecule has 120 valence electrons. The van der Waals surface area contributed by atoms with E-state index in [1.165, 1.54) is 0 Å². The summed E-state index contributed by atoms with van der Waals surface area (Å²) in [6.07, 6.45) is 3.99. The van der Waals surface area contributed by atoms with E-state index in [1.54, 1.807) is 0 Å². The summed E-state index contributed by atoms with van der Waals surface area (Å²) in [4.78, 5) is 27.8. The summed E-state index contributed by atoms with van der Waals surface area (Å²) in [5.41, 5.74) is -0.984. The van der Waals surface area contributed by atoms with Crippen LogP contribution in [0.5, 0.6) is 0 Å². The quantitative estimate of drug-likeness (QED) is 0.847. The minimum absolute atomic E-state index is 0.0168. The number of nitrogens with one attached hydrogen (secondary N) is 1. The SMILES string of the molecule is CCCC(C)(C)N1C(=O)C(C)(C2CC2)NC(=O)C1C(C)C. The maximum atomic E-state index is 13.2. The number of rotatable bonds is 5. The van der Waals surface area contributed by atoms with E-state index in [-0.39, 0.29) is 29.3 Å². The van der Waals surface area contributed by atoms with Crippen molar-refractivity contribution in [3.8, 4) is 0 Å². The van der Waals surface area contributed by atoms with E-state index in [2.05, 4.69) is 26.1 Å². The van der Waals surface area contributed by atoms with Crippen molar-refractivity contribution in [3.05, 3.63) is 0 Å². The van der Waals surface area contributed by atoms with Gasteiger partial charge in [-0.1, -0.05) is 27.2 Å². The molecule has 4 heteroatoms. The third-order valence-corrected chi connectivity index (χ3v) is 5.13. The smallest absolute Gasteiger partial charge is 0.249 e. The average Bonchev–Trinajstić information content (AvgIpc) is 3.16. The lowest BCUT2D eigenvalue weighted by Gasteiger charge is -2.52. The maximum Gasteiger partial charge on any atom is 0.249 e. The molecule has 2 aliphatic rings. The van der Waals surface area contributed by atoms with Gasteiger partial charge in [0, 0.05) is 5.54 Å². The number of piperazine rings is 1. The zero-order chi connectivity index (χ0) is 16.0. The van der Waals surface area contributed by atoms with Crippen LogP contribution in [-0.2, 0) is 9.59 Å². The summed E-state index contributed by atoms with van der Waals surface area (Å²) in [6.45, 7) is 12.3. The van der Waals surface area contributed by atoms with Gasteiger partial charge in [0.2, 0.25) is 11.8 Å². The fourth-order valence-electron chi connectivity index (χ4n) is 3.80. The van der Waals surface area contributed by atoms with Crippen molar-refractivity contribution in [2.24, 2.45) is 11.8 Å². The van der Waals surface area contributed by atoms with Gasteiger partial charge in [-0.25, -0.2) is 0 Å². The van der Waals surface area contributed by atoms with Crippen LogP contribution in [0.3, 0.4) is 0 Å². The molecule has 0 aromatic rings. The van der Waals surface area contributed by atoms with Gasteiger partial charge in [0.1, 0.15) is 11.6 Å². The molecule has 0 aromatic carbocycles. The van der Waals surface area contributed by atoms with Crippen LogP contribution in [0, 0.1) is 11.8 Å². The Bertz CT molecular complexity index is 440. The zero-order valence-corrected chi connectivity index (χ0v) is 14.3. The van der Waals surface area contributed by atoms with Gasteiger partial charge in [0.15, 0.2) is 0 Å². The Labute approximate surface area is 128 Å². The Balaban J connectivity index is 2.42. The van der Waals surface area contributed by atoms with Gasteiger partial charge < -0.3 is 10.2 Å². The lowest BCUT2D eigenvalue weighted by atomic mass is 9.82. The average molecular weight is 294 g/mol. The van der Waals surface area contributed by atoms with Gasteiger partial charge in [-0.3, -0.25) is 9.59 Å². The van der Waals surface area contributed by atoms with Gasteiger partial charge in [-0.15, -0.1) is 0 Å². The third kappa shape index (κ3) is 2.69. The van der Waals surface area contributed by atoms with Gasteiger partial charge in [0.05, 0.1) is 0 Å². The van der Waals surface area contributed by atoms with Crippen LogP contribution in [0.15, 0.2) is 0 Å². The van der Waals surface area contributed by atoms with E-state index in [0.29, 0.717) is 5.92 Å². The molecule has 0 bridgehead atoms. The lowest BCUT2D eigenvalue weighted by molar-refractivity contribution is -0.164. The van der Waals surface area contributed by atoms with Crippen molar-refractivity contribution < 1.29 is 9.59 Å². The van der Waals surface area contributed by atoms with Crippen LogP contribution in [0.4, 0.5) is 0 Å². The Morgan fingerprint density at radius 3 is 2.33 bits per heavy atom. The normalized spacial score (nSPS) is 30.8. The minimum Gasteiger partial charge on any atom is -0.340 e. The van der Waals surface area contributed by atoms with E-state index >= 15 is 0 Å². The molecule has 1 aliphatic heterocycles. The first-order valence-corrected chi connectivity index (χ1v) is 8.31. The molecule has 1 saturated heterocycles. The molecule has 21 heavy (non-hydrogen) atoms. The third-order valence-electron chi connectivity index (χ3n) is 5.13. The van der Waals surface area contributed by atoms with Crippen LogP contribution in [0.25, 0.3) is 0 Å². The molecule has 1 aliphatic carbocycles. The van der Waals surface area contributed by atoms with Gasteiger partial charge in [-0.05, 0) is 51.9 Å². The van der Waals surface area contributed by atoms with Crippen molar-refractivity contribution in [3.63, 3.8) is 0 Å². The van der Waals surface area contributed by atoms with E-state index < -0.39 is 5.54 Å². The second-order valence-corrected chi connectivity index (χ2v) is 7.89. The van der Waals surface area contributed by atoms with E-state index in [9.17, 15) is 9.59 Å². The predicted molar refractivity (Wildman–Crippen MR) is 83.7 cm³/mol. The molecule has 1 saturated carbocycles. The van der Waals surface area contributed by atoms with Crippen molar-refractivity contribution in [1.29, 1.82) is 0 Å². The summed E-state index contributed by atoms with van der Waals surface area (Å²) in [5, 5.41) is 3.05. The molecule has 2 unspecified atom stereocenters. The predicted octanol–water partition coefficient (Wildman–Crippen LogP) is 2.72. The largest absolute Gasteiger partial charge is 0.340 e. The molecule has 1 N–H and O–H groups in total. The number of amides is 2. The number of hydrogen-bond donors (Lipinski definition) is 1. The number of carbonyl (C=O) groups is 2. The maximum absolute atomic E-state index is 13.2. The molecular formula is C17H30N2O2. The Morgan fingerprint density at radius 1 is 1.33 bits per heavy atom. The van der Waals surface area contributed by atoms with Gasteiger partial charge in [0.25, 0.3) is 0 Å². The van der Waals surface area contributed by atoms with E-state index in [1.807, 2.05) is 25.7 Å². The summed E-state index contributed by atoms with van der Waals surface area (Å²) >= 11 is 0. The number of carbonyl (C=O) groups excluding carboxylic acids is 2. The first-order chi connectivity index (χ1) is 9.65. The fraction of sp³-hybridized carbons (Fsp3) is 0.882. The van der Waals surface area contributed by atoms with E-state index in [0.717, 1.165) is 25.7 Å². The van der Waals surface area contributed by atoms with Crippen LogP contribution in [-0.4, -0.2) is 33.8 Å². The van der Waals surface area contributed by atoms with Crippen molar-refractivity contribution in [2.45, 2.75) is 84.3 Å². The summed E-state index contributed by atoms with van der Waals surface area (Å²) < 4.78 is 0. The minimum atomic E-state index is -0.701. The topological polar surface area (TPSA) is 49.4 Å². The second kappa shape index (κ2) is 5.29. The molecule has 2 rings (SSSR count). The van der Waals surface area contributed by atoms with Crippen LogP contribution < -0.4 is 5.32 Å². The van der Waals surface area contributed by atoms with E-state index in [4.69, 9.17) is 0 Å². The Kier molecular flexibility index (Phi) is 4.11. The standard InChI is InChI=1S/C17H30N2O2/c1-7-10-16(4,5)19-13(11(2)3)14(20)18-17(6,15(19)21)12-8-9-12/h11-13H,7-10H2,1-6H3,(H,18,20). The molecule has 0 spiro atoms. The highest BCUT2D eigenvalue weighted by atomic mass is 16.2. The first-order valence-electron chi connectivity index (χ1n) is 8.31. The van der Waals surface area contributed by atoms with Gasteiger partial charge in [-0.2, -0.15) is 0 Å². The molecule has 2 fully saturated rings. The molecule has 4 nitrogen and oxygen atoms in total.